The second-order valence-corrected chi connectivity index (χ2v) is 4.67. The molecular weight excluding hydrogens is 284 g/mol. The number of carboxylic acid groups (broad SMARTS) is 1. The number of esters is 1. The molecule has 0 aliphatic carbocycles. The number of rotatable bonds is 7. The van der Waals surface area contributed by atoms with Gasteiger partial charge in [0.15, 0.2) is 0 Å². The molecule has 0 spiro atoms. The van der Waals surface area contributed by atoms with Crippen molar-refractivity contribution < 1.29 is 37.4 Å². The molecule has 0 bridgehead atoms. The summed E-state index contributed by atoms with van der Waals surface area (Å²) in [5.74, 6) is -2.19. The predicted octanol–water partition coefficient (Wildman–Crippen LogP) is -1.42. The molecule has 0 aliphatic rings. The Morgan fingerprint density at radius 3 is 2.21 bits per heavy atom. The van der Waals surface area contributed by atoms with E-state index in [2.05, 4.69) is 9.47 Å². The number of carboxylic acids is 1. The van der Waals surface area contributed by atoms with E-state index in [9.17, 15) is 22.8 Å². The van der Waals surface area contributed by atoms with Crippen LogP contribution >= 0.6 is 0 Å². The fourth-order valence-electron chi connectivity index (χ4n) is 0.965. The summed E-state index contributed by atoms with van der Waals surface area (Å²) in [7, 11) is -2.35. The standard InChI is InChI=1S/C8H14N2O8S/c1-17-6(11)4-3-5(7(12)13)9-19(15,16)10-8(14)18-2/h5,9H,3-4H2,1-2H3,(H,10,14)(H,12,13)/t5-/m0/s1. The first-order chi connectivity index (χ1) is 8.71. The average Bonchev–Trinajstić information content (AvgIpc) is 2.32. The van der Waals surface area contributed by atoms with Crippen molar-refractivity contribution in [2.24, 2.45) is 0 Å². The van der Waals surface area contributed by atoms with Gasteiger partial charge in [-0.05, 0) is 6.42 Å². The number of hydrogen-bond acceptors (Lipinski definition) is 7. The van der Waals surface area contributed by atoms with Gasteiger partial charge in [-0.1, -0.05) is 0 Å². The molecule has 0 saturated heterocycles. The fourth-order valence-corrected chi connectivity index (χ4v) is 1.92. The Hall–Kier alpha value is -1.88. The van der Waals surface area contributed by atoms with Crippen molar-refractivity contribution in [3.05, 3.63) is 0 Å². The van der Waals surface area contributed by atoms with Crippen molar-refractivity contribution in [2.45, 2.75) is 18.9 Å². The molecule has 0 heterocycles. The molecular formula is C8H14N2O8S. The third-order valence-corrected chi connectivity index (χ3v) is 2.89. The number of aliphatic carboxylic acids is 1. The van der Waals surface area contributed by atoms with E-state index in [1.165, 1.54) is 4.72 Å². The summed E-state index contributed by atoms with van der Waals surface area (Å²) >= 11 is 0. The zero-order valence-corrected chi connectivity index (χ0v) is 11.0. The van der Waals surface area contributed by atoms with Gasteiger partial charge >= 0.3 is 28.2 Å². The lowest BCUT2D eigenvalue weighted by Crippen LogP contribution is -2.48. The third-order valence-electron chi connectivity index (χ3n) is 1.86. The minimum Gasteiger partial charge on any atom is -0.480 e. The summed E-state index contributed by atoms with van der Waals surface area (Å²) in [5.41, 5.74) is 0. The molecule has 10 nitrogen and oxygen atoms in total. The quantitative estimate of drug-likeness (QED) is 0.485. The van der Waals surface area contributed by atoms with Crippen LogP contribution in [0.25, 0.3) is 0 Å². The lowest BCUT2D eigenvalue weighted by atomic mass is 10.2. The van der Waals surface area contributed by atoms with Gasteiger partial charge in [-0.25, -0.2) is 9.52 Å². The van der Waals surface area contributed by atoms with Crippen molar-refractivity contribution in [2.75, 3.05) is 14.2 Å². The highest BCUT2D eigenvalue weighted by Crippen LogP contribution is 2.01. The topological polar surface area (TPSA) is 148 Å². The molecule has 0 radical (unpaired) electrons. The van der Waals surface area contributed by atoms with E-state index in [1.807, 2.05) is 0 Å². The van der Waals surface area contributed by atoms with Crippen molar-refractivity contribution in [3.8, 4) is 0 Å². The average molecular weight is 298 g/mol. The second kappa shape index (κ2) is 7.53. The van der Waals surface area contributed by atoms with Crippen LogP contribution in [0.1, 0.15) is 12.8 Å². The first-order valence-electron chi connectivity index (χ1n) is 4.89. The maximum atomic E-state index is 11.3. The van der Waals surface area contributed by atoms with E-state index in [0.717, 1.165) is 14.2 Å². The zero-order chi connectivity index (χ0) is 15.1. The number of carbonyl (C=O) groups excluding carboxylic acids is 2. The predicted molar refractivity (Wildman–Crippen MR) is 60.3 cm³/mol. The summed E-state index contributed by atoms with van der Waals surface area (Å²) in [6, 6.07) is -1.58. The largest absolute Gasteiger partial charge is 0.480 e. The van der Waals surface area contributed by atoms with Gasteiger partial charge in [0.2, 0.25) is 0 Å². The van der Waals surface area contributed by atoms with Crippen LogP contribution in [0.4, 0.5) is 4.79 Å². The van der Waals surface area contributed by atoms with E-state index in [1.54, 1.807) is 4.72 Å². The van der Waals surface area contributed by atoms with Crippen LogP contribution in [-0.2, 0) is 29.3 Å². The highest BCUT2D eigenvalue weighted by Gasteiger charge is 2.26. The summed E-state index contributed by atoms with van der Waals surface area (Å²) in [4.78, 5) is 32.4. The van der Waals surface area contributed by atoms with Gasteiger partial charge in [0.1, 0.15) is 6.04 Å². The lowest BCUT2D eigenvalue weighted by molar-refractivity contribution is -0.142. The van der Waals surface area contributed by atoms with Crippen LogP contribution in [0.5, 0.6) is 0 Å². The summed E-state index contributed by atoms with van der Waals surface area (Å²) < 4.78 is 34.1. The second-order valence-electron chi connectivity index (χ2n) is 3.22. The molecule has 11 heteroatoms. The maximum Gasteiger partial charge on any atom is 0.421 e. The first kappa shape index (κ1) is 17.1. The van der Waals surface area contributed by atoms with Gasteiger partial charge < -0.3 is 14.6 Å². The van der Waals surface area contributed by atoms with E-state index in [-0.39, 0.29) is 12.8 Å². The first-order valence-corrected chi connectivity index (χ1v) is 6.37. The molecule has 0 rings (SSSR count). The molecule has 0 saturated carbocycles. The Morgan fingerprint density at radius 2 is 1.79 bits per heavy atom. The van der Waals surface area contributed by atoms with Crippen LogP contribution in [0.2, 0.25) is 0 Å². The van der Waals surface area contributed by atoms with Crippen LogP contribution in [0, 0.1) is 0 Å². The van der Waals surface area contributed by atoms with Crippen LogP contribution in [0.3, 0.4) is 0 Å². The van der Waals surface area contributed by atoms with Crippen LogP contribution in [-0.4, -0.2) is 51.8 Å². The molecule has 0 aromatic rings. The highest BCUT2D eigenvalue weighted by atomic mass is 32.2. The number of methoxy groups -OCH3 is 2. The van der Waals surface area contributed by atoms with Gasteiger partial charge in [-0.2, -0.15) is 13.1 Å². The van der Waals surface area contributed by atoms with Crippen molar-refractivity contribution in [1.82, 2.24) is 9.44 Å². The zero-order valence-electron chi connectivity index (χ0n) is 10.2. The number of carbonyl (C=O) groups is 3. The third kappa shape index (κ3) is 7.21. The Bertz CT molecular complexity index is 446. The number of ether oxygens (including phenoxy) is 2. The molecule has 110 valence electrons. The van der Waals surface area contributed by atoms with E-state index >= 15 is 0 Å². The van der Waals surface area contributed by atoms with Crippen LogP contribution < -0.4 is 9.44 Å². The van der Waals surface area contributed by atoms with Crippen molar-refractivity contribution in [3.63, 3.8) is 0 Å². The lowest BCUT2D eigenvalue weighted by Gasteiger charge is -2.14. The van der Waals surface area contributed by atoms with Gasteiger partial charge in [0.05, 0.1) is 14.2 Å². The molecule has 19 heavy (non-hydrogen) atoms. The van der Waals surface area contributed by atoms with Crippen LogP contribution in [0.15, 0.2) is 0 Å². The van der Waals surface area contributed by atoms with Gasteiger partial charge in [0.25, 0.3) is 0 Å². The highest BCUT2D eigenvalue weighted by molar-refractivity contribution is 7.88. The van der Waals surface area contributed by atoms with Gasteiger partial charge in [-0.15, -0.1) is 0 Å². The maximum absolute atomic E-state index is 11.3. The molecule has 3 N–H and O–H groups in total. The molecule has 0 aromatic carbocycles. The normalized spacial score (nSPS) is 12.3. The molecule has 0 unspecified atom stereocenters. The SMILES string of the molecule is COC(=O)CC[C@H](NS(=O)(=O)NC(=O)OC)C(=O)O. The number of hydrogen-bond donors (Lipinski definition) is 3. The van der Waals surface area contributed by atoms with E-state index in [4.69, 9.17) is 5.11 Å². The summed E-state index contributed by atoms with van der Waals surface area (Å²) in [6.45, 7) is 0. The molecule has 1 atom stereocenters. The van der Waals surface area contributed by atoms with Crippen molar-refractivity contribution >= 4 is 28.2 Å². The molecule has 0 aliphatic heterocycles. The van der Waals surface area contributed by atoms with Gasteiger partial charge in [0, 0.05) is 6.42 Å². The monoisotopic (exact) mass is 298 g/mol. The fraction of sp³-hybridized carbons (Fsp3) is 0.625. The van der Waals surface area contributed by atoms with E-state index < -0.39 is 34.3 Å². The Morgan fingerprint density at radius 1 is 1.21 bits per heavy atom. The Balaban J connectivity index is 4.62. The molecule has 1 amide bonds. The Labute approximate surface area is 109 Å². The summed E-state index contributed by atoms with van der Waals surface area (Å²) in [5, 5.41) is 8.79. The van der Waals surface area contributed by atoms with E-state index in [0.29, 0.717) is 0 Å². The van der Waals surface area contributed by atoms with Crippen molar-refractivity contribution in [1.29, 1.82) is 0 Å². The number of nitrogens with one attached hydrogen (secondary N) is 2. The summed E-state index contributed by atoms with van der Waals surface area (Å²) in [6.07, 6.45) is -1.90. The minimum absolute atomic E-state index is 0.297. The van der Waals surface area contributed by atoms with Gasteiger partial charge in [-0.3, -0.25) is 9.59 Å². The smallest absolute Gasteiger partial charge is 0.421 e. The molecule has 0 fully saturated rings. The Kier molecular flexibility index (Phi) is 6.79. The minimum atomic E-state index is -4.40. The molecule has 0 aromatic heterocycles. The number of amides is 1.